The molecule has 1 aliphatic heterocycles. The first-order valence-electron chi connectivity index (χ1n) is 8.33. The molecule has 1 aromatic heterocycles. The van der Waals surface area contributed by atoms with Crippen LogP contribution >= 0.6 is 34.9 Å². The first-order chi connectivity index (χ1) is 12.9. The monoisotopic (exact) mass is 442 g/mol. The lowest BCUT2D eigenvalue weighted by atomic mass is 10.2. The van der Waals surface area contributed by atoms with Crippen molar-refractivity contribution in [1.82, 2.24) is 18.0 Å². The summed E-state index contributed by atoms with van der Waals surface area (Å²) >= 11 is 13.2. The number of rotatable bonds is 4. The predicted octanol–water partition coefficient (Wildman–Crippen LogP) is 3.50. The van der Waals surface area contributed by atoms with E-state index < -0.39 is 10.0 Å². The first-order valence-corrected chi connectivity index (χ1v) is 11.3. The van der Waals surface area contributed by atoms with E-state index in [2.05, 4.69) is 13.6 Å². The number of aromatic nitrogens is 2. The third kappa shape index (κ3) is 3.83. The average Bonchev–Trinajstić information content (AvgIpc) is 3.13. The standard InChI is InChI=1S/C17H16Cl2N4O2S2/c18-13-5-4-12(14(19)10-13)11-22-6-8-23(9-7-22)27(24,25)16-3-1-2-15-17(16)21-26-20-15/h1-5,10H,6-9,11H2. The number of sulfonamides is 1. The molecule has 2 heterocycles. The van der Waals surface area contributed by atoms with Gasteiger partial charge in [-0.15, -0.1) is 0 Å². The number of benzene rings is 2. The molecule has 0 amide bonds. The summed E-state index contributed by atoms with van der Waals surface area (Å²) in [7, 11) is -3.60. The molecule has 10 heteroatoms. The predicted molar refractivity (Wildman–Crippen MR) is 108 cm³/mol. The van der Waals surface area contributed by atoms with E-state index in [0.717, 1.165) is 17.3 Å². The van der Waals surface area contributed by atoms with Crippen LogP contribution in [0.5, 0.6) is 0 Å². The summed E-state index contributed by atoms with van der Waals surface area (Å²) in [6, 6.07) is 10.5. The van der Waals surface area contributed by atoms with E-state index in [1.807, 2.05) is 12.1 Å². The van der Waals surface area contributed by atoms with E-state index >= 15 is 0 Å². The molecule has 4 rings (SSSR count). The Bertz CT molecular complexity index is 1080. The van der Waals surface area contributed by atoms with Crippen molar-refractivity contribution in [2.45, 2.75) is 11.4 Å². The van der Waals surface area contributed by atoms with Crippen molar-refractivity contribution < 1.29 is 8.42 Å². The Balaban J connectivity index is 1.48. The molecule has 0 aliphatic carbocycles. The molecule has 27 heavy (non-hydrogen) atoms. The second kappa shape index (κ2) is 7.62. The molecule has 0 unspecified atom stereocenters. The Morgan fingerprint density at radius 2 is 1.81 bits per heavy atom. The van der Waals surface area contributed by atoms with Gasteiger partial charge in [-0.1, -0.05) is 35.3 Å². The highest BCUT2D eigenvalue weighted by molar-refractivity contribution is 7.89. The summed E-state index contributed by atoms with van der Waals surface area (Å²) in [5.41, 5.74) is 2.03. The third-order valence-corrected chi connectivity index (χ3v) is 7.67. The Hall–Kier alpha value is -1.29. The van der Waals surface area contributed by atoms with Gasteiger partial charge < -0.3 is 0 Å². The minimum atomic E-state index is -3.60. The minimum Gasteiger partial charge on any atom is -0.296 e. The smallest absolute Gasteiger partial charge is 0.245 e. The van der Waals surface area contributed by atoms with Crippen LogP contribution in [0.3, 0.4) is 0 Å². The van der Waals surface area contributed by atoms with Crippen LogP contribution in [-0.4, -0.2) is 52.5 Å². The third-order valence-electron chi connectivity index (χ3n) is 4.61. The topological polar surface area (TPSA) is 66.4 Å². The highest BCUT2D eigenvalue weighted by atomic mass is 35.5. The van der Waals surface area contributed by atoms with Gasteiger partial charge in [0.25, 0.3) is 0 Å². The van der Waals surface area contributed by atoms with Crippen molar-refractivity contribution in [3.05, 3.63) is 52.0 Å². The van der Waals surface area contributed by atoms with E-state index in [0.29, 0.717) is 53.8 Å². The zero-order chi connectivity index (χ0) is 19.0. The van der Waals surface area contributed by atoms with Gasteiger partial charge in [-0.3, -0.25) is 4.90 Å². The van der Waals surface area contributed by atoms with Gasteiger partial charge >= 0.3 is 0 Å². The van der Waals surface area contributed by atoms with Gasteiger partial charge in [0.2, 0.25) is 10.0 Å². The van der Waals surface area contributed by atoms with Crippen LogP contribution in [0.15, 0.2) is 41.3 Å². The van der Waals surface area contributed by atoms with Crippen LogP contribution in [0, 0.1) is 0 Å². The highest BCUT2D eigenvalue weighted by Crippen LogP contribution is 2.26. The van der Waals surface area contributed by atoms with E-state index in [-0.39, 0.29) is 4.90 Å². The Kier molecular flexibility index (Phi) is 5.37. The van der Waals surface area contributed by atoms with E-state index in [4.69, 9.17) is 23.2 Å². The second-order valence-electron chi connectivity index (χ2n) is 6.30. The van der Waals surface area contributed by atoms with Crippen molar-refractivity contribution >= 4 is 56.0 Å². The molecule has 2 aromatic carbocycles. The maximum atomic E-state index is 13.1. The number of halogens is 2. The van der Waals surface area contributed by atoms with Gasteiger partial charge in [0.1, 0.15) is 15.9 Å². The zero-order valence-corrected chi connectivity index (χ0v) is 17.3. The van der Waals surface area contributed by atoms with Gasteiger partial charge in [0.15, 0.2) is 0 Å². The number of hydrogen-bond donors (Lipinski definition) is 0. The molecule has 0 atom stereocenters. The SMILES string of the molecule is O=S(=O)(c1cccc2nsnc12)N1CCN(Cc2ccc(Cl)cc2Cl)CC1. The van der Waals surface area contributed by atoms with Crippen molar-refractivity contribution in [1.29, 1.82) is 0 Å². The number of piperazine rings is 1. The van der Waals surface area contributed by atoms with Gasteiger partial charge in [-0.25, -0.2) is 8.42 Å². The lowest BCUT2D eigenvalue weighted by Crippen LogP contribution is -2.48. The molecule has 6 nitrogen and oxygen atoms in total. The molecule has 1 saturated heterocycles. The Morgan fingerprint density at radius 3 is 2.56 bits per heavy atom. The molecule has 142 valence electrons. The first kappa shape index (κ1) is 19.0. The molecular weight excluding hydrogens is 427 g/mol. The Morgan fingerprint density at radius 1 is 1.04 bits per heavy atom. The van der Waals surface area contributed by atoms with Gasteiger partial charge in [0, 0.05) is 42.8 Å². The summed E-state index contributed by atoms with van der Waals surface area (Å²) in [6.07, 6.45) is 0. The van der Waals surface area contributed by atoms with Gasteiger partial charge in [0.05, 0.1) is 11.7 Å². The fourth-order valence-electron chi connectivity index (χ4n) is 3.15. The zero-order valence-electron chi connectivity index (χ0n) is 14.2. The molecule has 3 aromatic rings. The minimum absolute atomic E-state index is 0.225. The second-order valence-corrected chi connectivity index (χ2v) is 9.58. The molecule has 1 fully saturated rings. The van der Waals surface area contributed by atoms with Crippen LogP contribution in [0.2, 0.25) is 10.0 Å². The van der Waals surface area contributed by atoms with E-state index in [9.17, 15) is 8.42 Å². The average molecular weight is 443 g/mol. The molecule has 0 radical (unpaired) electrons. The van der Waals surface area contributed by atoms with Gasteiger partial charge in [-0.05, 0) is 29.8 Å². The fraction of sp³-hybridized carbons (Fsp3) is 0.294. The molecule has 0 N–H and O–H groups in total. The number of hydrogen-bond acceptors (Lipinski definition) is 6. The Labute approximate surface area is 171 Å². The lowest BCUT2D eigenvalue weighted by molar-refractivity contribution is 0.181. The maximum absolute atomic E-state index is 13.1. The number of fused-ring (bicyclic) bond motifs is 1. The van der Waals surface area contributed by atoms with Crippen LogP contribution in [0.1, 0.15) is 5.56 Å². The van der Waals surface area contributed by atoms with Crippen LogP contribution in [-0.2, 0) is 16.6 Å². The summed E-state index contributed by atoms with van der Waals surface area (Å²) in [5, 5.41) is 1.23. The maximum Gasteiger partial charge on any atom is 0.245 e. The quantitative estimate of drug-likeness (QED) is 0.618. The highest BCUT2D eigenvalue weighted by Gasteiger charge is 2.30. The van der Waals surface area contributed by atoms with E-state index in [1.54, 1.807) is 24.3 Å². The van der Waals surface area contributed by atoms with Crippen LogP contribution < -0.4 is 0 Å². The molecule has 0 spiro atoms. The summed E-state index contributed by atoms with van der Waals surface area (Å²) < 4.78 is 35.9. The van der Waals surface area contributed by atoms with E-state index in [1.165, 1.54) is 4.31 Å². The van der Waals surface area contributed by atoms with Crippen molar-refractivity contribution in [2.75, 3.05) is 26.2 Å². The molecular formula is C17H16Cl2N4O2S2. The largest absolute Gasteiger partial charge is 0.296 e. The van der Waals surface area contributed by atoms with Crippen molar-refractivity contribution in [3.8, 4) is 0 Å². The van der Waals surface area contributed by atoms with Gasteiger partial charge in [-0.2, -0.15) is 13.1 Å². The molecule has 0 bridgehead atoms. The fourth-order valence-corrected chi connectivity index (χ4v) is 5.79. The normalized spacial score (nSPS) is 16.8. The summed E-state index contributed by atoms with van der Waals surface area (Å²) in [5.74, 6) is 0. The molecule has 0 saturated carbocycles. The lowest BCUT2D eigenvalue weighted by Gasteiger charge is -2.34. The molecule has 1 aliphatic rings. The van der Waals surface area contributed by atoms with Crippen LogP contribution in [0.25, 0.3) is 11.0 Å². The van der Waals surface area contributed by atoms with Crippen LogP contribution in [0.4, 0.5) is 0 Å². The van der Waals surface area contributed by atoms with Crippen molar-refractivity contribution in [2.24, 2.45) is 0 Å². The van der Waals surface area contributed by atoms with Crippen molar-refractivity contribution in [3.63, 3.8) is 0 Å². The summed E-state index contributed by atoms with van der Waals surface area (Å²) in [4.78, 5) is 2.41. The number of nitrogens with zero attached hydrogens (tertiary/aromatic N) is 4. The summed E-state index contributed by atoms with van der Waals surface area (Å²) in [6.45, 7) is 2.76.